The van der Waals surface area contributed by atoms with Gasteiger partial charge in [-0.3, -0.25) is 9.48 Å². The van der Waals surface area contributed by atoms with Gasteiger partial charge >= 0.3 is 0 Å². The lowest BCUT2D eigenvalue weighted by Gasteiger charge is -2.36. The molecule has 6 rings (SSSR count). The van der Waals surface area contributed by atoms with Crippen LogP contribution in [-0.4, -0.2) is 34.8 Å². The maximum atomic E-state index is 13.6. The van der Waals surface area contributed by atoms with E-state index < -0.39 is 0 Å². The Labute approximate surface area is 205 Å². The Hall–Kier alpha value is -3.19. The molecule has 182 valence electrons. The standard InChI is InChI=1S/C28H31FN4O2/c1-18-2-9-25-26(33(18)28(34)19-3-4-19)11-10-24(27(25)35-23-7-5-21(29)6-8-23)20-16-31-32(17-20)22-12-14-30-15-13-22/h5-8,10-11,16-19,22,30H,2-4,9,12-15H2,1H3. The summed E-state index contributed by atoms with van der Waals surface area (Å²) in [7, 11) is 0. The molecule has 1 N–H and O–H groups in total. The largest absolute Gasteiger partial charge is 0.456 e. The Bertz CT molecular complexity index is 1230. The summed E-state index contributed by atoms with van der Waals surface area (Å²) in [6.07, 6.45) is 9.77. The molecule has 35 heavy (non-hydrogen) atoms. The summed E-state index contributed by atoms with van der Waals surface area (Å²) in [5, 5.41) is 8.10. The summed E-state index contributed by atoms with van der Waals surface area (Å²) in [5.41, 5.74) is 3.91. The zero-order chi connectivity index (χ0) is 23.9. The lowest BCUT2D eigenvalue weighted by molar-refractivity contribution is -0.120. The summed E-state index contributed by atoms with van der Waals surface area (Å²) in [5.74, 6) is 1.38. The number of carbonyl (C=O) groups excluding carboxylic acids is 1. The highest BCUT2D eigenvalue weighted by Gasteiger charge is 2.39. The zero-order valence-electron chi connectivity index (χ0n) is 20.0. The fourth-order valence-corrected chi connectivity index (χ4v) is 5.38. The van der Waals surface area contributed by atoms with Crippen molar-refractivity contribution >= 4 is 11.6 Å². The van der Waals surface area contributed by atoms with Gasteiger partial charge in [-0.05, 0) is 94.9 Å². The van der Waals surface area contributed by atoms with E-state index in [1.807, 2.05) is 17.2 Å². The van der Waals surface area contributed by atoms with Crippen molar-refractivity contribution in [3.63, 3.8) is 0 Å². The summed E-state index contributed by atoms with van der Waals surface area (Å²) < 4.78 is 22.1. The number of hydrogen-bond acceptors (Lipinski definition) is 4. The average molecular weight is 475 g/mol. The second kappa shape index (κ2) is 9.11. The first-order valence-corrected chi connectivity index (χ1v) is 12.8. The van der Waals surface area contributed by atoms with Crippen molar-refractivity contribution in [2.75, 3.05) is 18.0 Å². The molecule has 1 aliphatic carbocycles. The second-order valence-electron chi connectivity index (χ2n) is 10.1. The third-order valence-corrected chi connectivity index (χ3v) is 7.54. The summed E-state index contributed by atoms with van der Waals surface area (Å²) >= 11 is 0. The van der Waals surface area contributed by atoms with Crippen LogP contribution in [0.25, 0.3) is 11.1 Å². The fraction of sp³-hybridized carbons (Fsp3) is 0.429. The molecule has 0 bridgehead atoms. The van der Waals surface area contributed by atoms with Crippen molar-refractivity contribution in [3.8, 4) is 22.6 Å². The highest BCUT2D eigenvalue weighted by atomic mass is 19.1. The van der Waals surface area contributed by atoms with Crippen molar-refractivity contribution in [2.24, 2.45) is 5.92 Å². The normalized spacial score (nSPS) is 20.5. The van der Waals surface area contributed by atoms with Crippen molar-refractivity contribution < 1.29 is 13.9 Å². The molecule has 0 spiro atoms. The fourth-order valence-electron chi connectivity index (χ4n) is 5.38. The molecular weight excluding hydrogens is 443 g/mol. The lowest BCUT2D eigenvalue weighted by atomic mass is 9.92. The number of fused-ring (bicyclic) bond motifs is 1. The molecule has 1 aromatic heterocycles. The van der Waals surface area contributed by atoms with Gasteiger partial charge in [0, 0.05) is 34.8 Å². The molecule has 1 amide bonds. The van der Waals surface area contributed by atoms with Crippen LogP contribution in [0.3, 0.4) is 0 Å². The molecule has 7 heteroatoms. The van der Waals surface area contributed by atoms with Gasteiger partial charge < -0.3 is 15.0 Å². The van der Waals surface area contributed by atoms with E-state index in [1.165, 1.54) is 12.1 Å². The van der Waals surface area contributed by atoms with E-state index in [1.54, 1.807) is 12.1 Å². The number of nitrogens with one attached hydrogen (secondary N) is 1. The van der Waals surface area contributed by atoms with E-state index in [4.69, 9.17) is 9.84 Å². The van der Waals surface area contributed by atoms with Crippen LogP contribution in [-0.2, 0) is 11.2 Å². The molecule has 6 nitrogen and oxygen atoms in total. The van der Waals surface area contributed by atoms with Crippen molar-refractivity contribution in [1.82, 2.24) is 15.1 Å². The first-order chi connectivity index (χ1) is 17.1. The van der Waals surface area contributed by atoms with Gasteiger partial charge in [-0.25, -0.2) is 4.39 Å². The topological polar surface area (TPSA) is 59.4 Å². The Morgan fingerprint density at radius 3 is 2.57 bits per heavy atom. The smallest absolute Gasteiger partial charge is 0.230 e. The van der Waals surface area contributed by atoms with Gasteiger partial charge in [-0.2, -0.15) is 5.10 Å². The van der Waals surface area contributed by atoms with Crippen LogP contribution >= 0.6 is 0 Å². The van der Waals surface area contributed by atoms with Crippen LogP contribution in [0.15, 0.2) is 48.8 Å². The molecule has 3 aliphatic rings. The van der Waals surface area contributed by atoms with Crippen LogP contribution in [0.4, 0.5) is 10.1 Å². The first kappa shape index (κ1) is 22.3. The summed E-state index contributed by atoms with van der Waals surface area (Å²) in [6, 6.07) is 10.8. The van der Waals surface area contributed by atoms with E-state index in [-0.39, 0.29) is 23.7 Å². The molecule has 2 aromatic carbocycles. The van der Waals surface area contributed by atoms with Crippen LogP contribution in [0.2, 0.25) is 0 Å². The molecule has 1 saturated heterocycles. The number of nitrogens with zero attached hydrogens (tertiary/aromatic N) is 3. The Kier molecular flexibility index (Phi) is 5.80. The number of amides is 1. The third-order valence-electron chi connectivity index (χ3n) is 7.54. The Morgan fingerprint density at radius 2 is 1.83 bits per heavy atom. The molecule has 1 saturated carbocycles. The summed E-state index contributed by atoms with van der Waals surface area (Å²) in [6.45, 7) is 4.13. The number of halogens is 1. The maximum Gasteiger partial charge on any atom is 0.230 e. The molecular formula is C28H31FN4O2. The Morgan fingerprint density at radius 1 is 1.06 bits per heavy atom. The average Bonchev–Trinajstić information content (AvgIpc) is 3.62. The van der Waals surface area contributed by atoms with E-state index in [0.717, 1.165) is 79.7 Å². The van der Waals surface area contributed by atoms with E-state index >= 15 is 0 Å². The van der Waals surface area contributed by atoms with E-state index in [0.29, 0.717) is 11.8 Å². The number of rotatable bonds is 5. The maximum absolute atomic E-state index is 13.6. The van der Waals surface area contributed by atoms with E-state index in [2.05, 4.69) is 29.2 Å². The number of carbonyl (C=O) groups is 1. The predicted octanol–water partition coefficient (Wildman–Crippen LogP) is 5.48. The highest BCUT2D eigenvalue weighted by molar-refractivity contribution is 5.99. The van der Waals surface area contributed by atoms with Crippen LogP contribution in [0, 0.1) is 11.7 Å². The molecule has 0 radical (unpaired) electrons. The molecule has 3 heterocycles. The highest BCUT2D eigenvalue weighted by Crippen LogP contribution is 2.46. The number of hydrogen-bond donors (Lipinski definition) is 1. The SMILES string of the molecule is CC1CCc2c(ccc(-c3cnn(C4CCNCC4)c3)c2Oc2ccc(F)cc2)N1C(=O)C1CC1. The van der Waals surface area contributed by atoms with Gasteiger partial charge in [0.1, 0.15) is 17.3 Å². The van der Waals surface area contributed by atoms with Gasteiger partial charge in [0.25, 0.3) is 0 Å². The molecule has 1 unspecified atom stereocenters. The minimum atomic E-state index is -0.300. The van der Waals surface area contributed by atoms with Crippen LogP contribution in [0.1, 0.15) is 50.6 Å². The first-order valence-electron chi connectivity index (χ1n) is 12.8. The Balaban J connectivity index is 1.43. The molecule has 1 atom stereocenters. The number of piperidine rings is 1. The third kappa shape index (κ3) is 4.33. The van der Waals surface area contributed by atoms with Gasteiger partial charge in [0.2, 0.25) is 5.91 Å². The van der Waals surface area contributed by atoms with Gasteiger partial charge in [-0.15, -0.1) is 0 Å². The molecule has 2 aliphatic heterocycles. The monoisotopic (exact) mass is 474 g/mol. The quantitative estimate of drug-likeness (QED) is 0.532. The van der Waals surface area contributed by atoms with E-state index in [9.17, 15) is 9.18 Å². The van der Waals surface area contributed by atoms with Gasteiger partial charge in [0.15, 0.2) is 0 Å². The number of anilines is 1. The van der Waals surface area contributed by atoms with Crippen molar-refractivity contribution in [1.29, 1.82) is 0 Å². The minimum Gasteiger partial charge on any atom is -0.456 e. The van der Waals surface area contributed by atoms with Crippen molar-refractivity contribution in [2.45, 2.75) is 57.5 Å². The van der Waals surface area contributed by atoms with Crippen LogP contribution < -0.4 is 15.0 Å². The number of aromatic nitrogens is 2. The van der Waals surface area contributed by atoms with Crippen LogP contribution in [0.5, 0.6) is 11.5 Å². The zero-order valence-corrected chi connectivity index (χ0v) is 20.0. The van der Waals surface area contributed by atoms with Gasteiger partial charge in [0.05, 0.1) is 17.9 Å². The molecule has 2 fully saturated rings. The number of benzene rings is 2. The minimum absolute atomic E-state index is 0.146. The lowest BCUT2D eigenvalue weighted by Crippen LogP contribution is -2.43. The molecule has 3 aromatic rings. The van der Waals surface area contributed by atoms with Gasteiger partial charge in [-0.1, -0.05) is 0 Å². The summed E-state index contributed by atoms with van der Waals surface area (Å²) in [4.78, 5) is 15.2. The number of ether oxygens (including phenoxy) is 1. The predicted molar refractivity (Wildman–Crippen MR) is 133 cm³/mol. The second-order valence-corrected chi connectivity index (χ2v) is 10.1. The van der Waals surface area contributed by atoms with Crippen molar-refractivity contribution in [3.05, 3.63) is 60.2 Å².